The van der Waals surface area contributed by atoms with Crippen molar-refractivity contribution in [1.82, 2.24) is 4.90 Å². The minimum atomic E-state index is 0.693. The molecule has 1 heterocycles. The van der Waals surface area contributed by atoms with E-state index in [0.29, 0.717) is 6.04 Å². The quantitative estimate of drug-likeness (QED) is 0.492. The largest absolute Gasteiger partial charge is 0.286 e. The van der Waals surface area contributed by atoms with Gasteiger partial charge in [-0.25, -0.2) is 0 Å². The van der Waals surface area contributed by atoms with Gasteiger partial charge in [0.1, 0.15) is 0 Å². The summed E-state index contributed by atoms with van der Waals surface area (Å²) >= 11 is 0. The lowest BCUT2D eigenvalue weighted by atomic mass is 10.1. The van der Waals surface area contributed by atoms with Gasteiger partial charge in [0.2, 0.25) is 0 Å². The lowest BCUT2D eigenvalue weighted by molar-refractivity contribution is 0.567. The first-order valence-corrected chi connectivity index (χ1v) is 4.61. The van der Waals surface area contributed by atoms with E-state index in [4.69, 9.17) is 6.42 Å². The highest BCUT2D eigenvalue weighted by Gasteiger charge is 2.32. The van der Waals surface area contributed by atoms with Crippen LogP contribution in [0.2, 0.25) is 0 Å². The summed E-state index contributed by atoms with van der Waals surface area (Å²) in [5.74, 6) is 2.67. The SMILES string of the molecule is C#CC[N@@]1CC1Cc1ccccc1. The third kappa shape index (κ3) is 2.11. The van der Waals surface area contributed by atoms with Crippen molar-refractivity contribution >= 4 is 0 Å². The first-order valence-electron chi connectivity index (χ1n) is 4.61. The topological polar surface area (TPSA) is 3.01 Å². The maximum Gasteiger partial charge on any atom is 0.0602 e. The molecule has 0 radical (unpaired) electrons. The van der Waals surface area contributed by atoms with E-state index in [1.807, 2.05) is 0 Å². The van der Waals surface area contributed by atoms with Crippen molar-refractivity contribution < 1.29 is 0 Å². The second-order valence-corrected chi connectivity index (χ2v) is 3.48. The fraction of sp³-hybridized carbons (Fsp3) is 0.333. The van der Waals surface area contributed by atoms with Gasteiger partial charge in [0.05, 0.1) is 6.54 Å². The molecule has 0 spiro atoms. The number of benzene rings is 1. The summed E-state index contributed by atoms with van der Waals surface area (Å²) in [7, 11) is 0. The number of hydrogen-bond acceptors (Lipinski definition) is 1. The van der Waals surface area contributed by atoms with E-state index < -0.39 is 0 Å². The summed E-state index contributed by atoms with van der Waals surface area (Å²) in [5, 5.41) is 0. The van der Waals surface area contributed by atoms with Gasteiger partial charge in [-0.1, -0.05) is 36.3 Å². The van der Waals surface area contributed by atoms with Crippen molar-refractivity contribution in [3.63, 3.8) is 0 Å². The number of hydrogen-bond donors (Lipinski definition) is 0. The van der Waals surface area contributed by atoms with E-state index in [2.05, 4.69) is 41.2 Å². The van der Waals surface area contributed by atoms with Crippen molar-refractivity contribution in [1.29, 1.82) is 0 Å². The summed E-state index contributed by atoms with van der Waals surface area (Å²) in [6, 6.07) is 11.3. The molecule has 0 aliphatic carbocycles. The van der Waals surface area contributed by atoms with E-state index in [0.717, 1.165) is 13.0 Å². The molecule has 1 aliphatic rings. The smallest absolute Gasteiger partial charge is 0.0602 e. The van der Waals surface area contributed by atoms with Gasteiger partial charge in [-0.3, -0.25) is 4.90 Å². The summed E-state index contributed by atoms with van der Waals surface area (Å²) in [4.78, 5) is 2.31. The fourth-order valence-electron chi connectivity index (χ4n) is 1.61. The normalized spacial score (nSPS) is 25.2. The Kier molecular flexibility index (Phi) is 2.33. The molecule has 1 saturated heterocycles. The molecule has 1 unspecified atom stereocenters. The van der Waals surface area contributed by atoms with Crippen LogP contribution in [0.5, 0.6) is 0 Å². The van der Waals surface area contributed by atoms with Crippen LogP contribution in [0, 0.1) is 12.3 Å². The molecule has 0 aromatic heterocycles. The van der Waals surface area contributed by atoms with Crippen LogP contribution < -0.4 is 0 Å². The minimum Gasteiger partial charge on any atom is -0.286 e. The Labute approximate surface area is 79.4 Å². The predicted octanol–water partition coefficient (Wildman–Crippen LogP) is 1.55. The summed E-state index contributed by atoms with van der Waals surface area (Å²) < 4.78 is 0. The first-order chi connectivity index (χ1) is 6.40. The van der Waals surface area contributed by atoms with E-state index in [-0.39, 0.29) is 0 Å². The third-order valence-electron chi connectivity index (χ3n) is 2.44. The molecule has 13 heavy (non-hydrogen) atoms. The number of terminal acetylenes is 1. The second kappa shape index (κ2) is 3.64. The molecule has 1 heteroatoms. The Balaban J connectivity index is 1.85. The third-order valence-corrected chi connectivity index (χ3v) is 2.44. The molecule has 1 nitrogen and oxygen atoms in total. The van der Waals surface area contributed by atoms with Crippen molar-refractivity contribution in [2.75, 3.05) is 13.1 Å². The van der Waals surface area contributed by atoms with Gasteiger partial charge in [0, 0.05) is 12.6 Å². The average Bonchev–Trinajstić information content (AvgIpc) is 2.86. The van der Waals surface area contributed by atoms with Gasteiger partial charge >= 0.3 is 0 Å². The predicted molar refractivity (Wildman–Crippen MR) is 54.3 cm³/mol. The summed E-state index contributed by atoms with van der Waals surface area (Å²) in [5.41, 5.74) is 1.41. The van der Waals surface area contributed by atoms with Crippen molar-refractivity contribution in [2.45, 2.75) is 12.5 Å². The minimum absolute atomic E-state index is 0.693. The molecule has 0 amide bonds. The molecule has 66 valence electrons. The van der Waals surface area contributed by atoms with Crippen LogP contribution in [-0.4, -0.2) is 24.0 Å². The van der Waals surface area contributed by atoms with Crippen LogP contribution in [0.3, 0.4) is 0 Å². The van der Waals surface area contributed by atoms with Crippen LogP contribution in [-0.2, 0) is 6.42 Å². The van der Waals surface area contributed by atoms with Gasteiger partial charge in [0.15, 0.2) is 0 Å². The highest BCUT2D eigenvalue weighted by atomic mass is 15.3. The molecule has 0 saturated carbocycles. The zero-order valence-corrected chi connectivity index (χ0v) is 7.61. The molecule has 0 N–H and O–H groups in total. The highest BCUT2D eigenvalue weighted by molar-refractivity contribution is 5.18. The number of nitrogens with zero attached hydrogens (tertiary/aromatic N) is 1. The Morgan fingerprint density at radius 3 is 2.85 bits per heavy atom. The van der Waals surface area contributed by atoms with Gasteiger partial charge < -0.3 is 0 Å². The van der Waals surface area contributed by atoms with E-state index >= 15 is 0 Å². The summed E-state index contributed by atoms with van der Waals surface area (Å²) in [6.07, 6.45) is 6.37. The van der Waals surface area contributed by atoms with Crippen LogP contribution >= 0.6 is 0 Å². The highest BCUT2D eigenvalue weighted by Crippen LogP contribution is 2.20. The van der Waals surface area contributed by atoms with E-state index in [1.54, 1.807) is 0 Å². The Bertz CT molecular complexity index is 310. The maximum atomic E-state index is 5.23. The molecule has 2 rings (SSSR count). The Hall–Kier alpha value is -1.26. The van der Waals surface area contributed by atoms with Crippen molar-refractivity contribution in [2.24, 2.45) is 0 Å². The van der Waals surface area contributed by atoms with Crippen molar-refractivity contribution in [3.8, 4) is 12.3 Å². The monoisotopic (exact) mass is 171 g/mol. The van der Waals surface area contributed by atoms with Gasteiger partial charge in [-0.2, -0.15) is 0 Å². The zero-order chi connectivity index (χ0) is 9.10. The Morgan fingerprint density at radius 2 is 2.15 bits per heavy atom. The molecular weight excluding hydrogens is 158 g/mol. The first kappa shape index (κ1) is 8.34. The second-order valence-electron chi connectivity index (χ2n) is 3.48. The van der Waals surface area contributed by atoms with E-state index in [9.17, 15) is 0 Å². The summed E-state index contributed by atoms with van der Waals surface area (Å²) in [6.45, 7) is 1.97. The van der Waals surface area contributed by atoms with Crippen LogP contribution in [0.25, 0.3) is 0 Å². The fourth-order valence-corrected chi connectivity index (χ4v) is 1.61. The molecule has 0 bridgehead atoms. The molecule has 1 fully saturated rings. The zero-order valence-electron chi connectivity index (χ0n) is 7.61. The molecule has 1 aromatic rings. The molecule has 1 aliphatic heterocycles. The molecular formula is C12H13N. The van der Waals surface area contributed by atoms with Gasteiger partial charge in [-0.15, -0.1) is 6.42 Å². The van der Waals surface area contributed by atoms with Gasteiger partial charge in [-0.05, 0) is 12.0 Å². The molecule has 2 atom stereocenters. The van der Waals surface area contributed by atoms with Gasteiger partial charge in [0.25, 0.3) is 0 Å². The van der Waals surface area contributed by atoms with Crippen molar-refractivity contribution in [3.05, 3.63) is 35.9 Å². The molecule has 1 aromatic carbocycles. The maximum absolute atomic E-state index is 5.23. The lowest BCUT2D eigenvalue weighted by Crippen LogP contribution is -2.04. The van der Waals surface area contributed by atoms with Crippen LogP contribution in [0.1, 0.15) is 5.56 Å². The standard InChI is InChI=1S/C12H13N/c1-2-8-13-10-12(13)9-11-6-4-3-5-7-11/h1,3-7,12H,8-10H2/t12?,13-/m0/s1. The lowest BCUT2D eigenvalue weighted by Gasteiger charge is -1.99. The van der Waals surface area contributed by atoms with E-state index in [1.165, 1.54) is 12.1 Å². The average molecular weight is 171 g/mol. The van der Waals surface area contributed by atoms with Crippen LogP contribution in [0.15, 0.2) is 30.3 Å². The number of rotatable bonds is 3. The van der Waals surface area contributed by atoms with Crippen LogP contribution in [0.4, 0.5) is 0 Å². The Morgan fingerprint density at radius 1 is 1.38 bits per heavy atom.